The van der Waals surface area contributed by atoms with Gasteiger partial charge in [0.1, 0.15) is 0 Å². The fraction of sp³-hybridized carbons (Fsp3) is 0.667. The van der Waals surface area contributed by atoms with Gasteiger partial charge in [-0.1, -0.05) is 6.92 Å². The van der Waals surface area contributed by atoms with Gasteiger partial charge in [0.25, 0.3) is 0 Å². The van der Waals surface area contributed by atoms with Crippen molar-refractivity contribution >= 4 is 0 Å². The smallest absolute Gasteiger partial charge is 0.0704 e. The van der Waals surface area contributed by atoms with Gasteiger partial charge < -0.3 is 10.5 Å². The normalized spacial score (nSPS) is 13.2. The van der Waals surface area contributed by atoms with Gasteiger partial charge >= 0.3 is 0 Å². The molecule has 4 nitrogen and oxygen atoms in total. The van der Waals surface area contributed by atoms with Crippen molar-refractivity contribution < 1.29 is 4.74 Å². The fourth-order valence-corrected chi connectivity index (χ4v) is 1.33. The zero-order chi connectivity index (χ0) is 9.84. The molecule has 0 fully saturated rings. The first-order valence-corrected chi connectivity index (χ1v) is 4.46. The number of hydrogen-bond acceptors (Lipinski definition) is 3. The van der Waals surface area contributed by atoms with Crippen LogP contribution in [0.1, 0.15) is 24.4 Å². The molecule has 4 heteroatoms. The molecule has 1 atom stereocenters. The van der Waals surface area contributed by atoms with Crippen molar-refractivity contribution in [3.63, 3.8) is 0 Å². The lowest BCUT2D eigenvalue weighted by molar-refractivity contribution is 0.178. The zero-order valence-corrected chi connectivity index (χ0v) is 8.45. The van der Waals surface area contributed by atoms with E-state index < -0.39 is 0 Å². The van der Waals surface area contributed by atoms with E-state index >= 15 is 0 Å². The van der Waals surface area contributed by atoms with Crippen molar-refractivity contribution in [1.82, 2.24) is 9.78 Å². The van der Waals surface area contributed by atoms with Crippen molar-refractivity contribution in [2.24, 2.45) is 12.8 Å². The highest BCUT2D eigenvalue weighted by molar-refractivity contribution is 5.13. The molecule has 0 aromatic carbocycles. The van der Waals surface area contributed by atoms with Gasteiger partial charge in [-0.05, 0) is 12.5 Å². The van der Waals surface area contributed by atoms with Crippen LogP contribution >= 0.6 is 0 Å². The van der Waals surface area contributed by atoms with E-state index in [1.54, 1.807) is 7.11 Å². The van der Waals surface area contributed by atoms with Crippen LogP contribution in [0.4, 0.5) is 0 Å². The SMILES string of the molecule is CCc1cc(C(N)COC)n(C)n1. The van der Waals surface area contributed by atoms with Crippen molar-refractivity contribution in [3.05, 3.63) is 17.5 Å². The van der Waals surface area contributed by atoms with E-state index in [1.165, 1.54) is 0 Å². The molecule has 74 valence electrons. The molecule has 0 saturated heterocycles. The summed E-state index contributed by atoms with van der Waals surface area (Å²) in [6, 6.07) is 1.95. The average Bonchev–Trinajstić information content (AvgIpc) is 2.47. The van der Waals surface area contributed by atoms with Crippen LogP contribution in [0.15, 0.2) is 6.07 Å². The van der Waals surface area contributed by atoms with Crippen molar-refractivity contribution in [1.29, 1.82) is 0 Å². The number of aromatic nitrogens is 2. The van der Waals surface area contributed by atoms with Gasteiger partial charge in [-0.15, -0.1) is 0 Å². The number of nitrogens with zero attached hydrogens (tertiary/aromatic N) is 2. The molecule has 0 aliphatic rings. The summed E-state index contributed by atoms with van der Waals surface area (Å²) in [5.74, 6) is 0. The third-order valence-electron chi connectivity index (χ3n) is 2.05. The fourth-order valence-electron chi connectivity index (χ4n) is 1.33. The minimum absolute atomic E-state index is 0.0807. The summed E-state index contributed by atoms with van der Waals surface area (Å²) in [6.07, 6.45) is 0.938. The maximum Gasteiger partial charge on any atom is 0.0704 e. The largest absolute Gasteiger partial charge is 0.383 e. The number of nitrogens with two attached hydrogens (primary N) is 1. The van der Waals surface area contributed by atoms with Gasteiger partial charge in [0.05, 0.1) is 24.0 Å². The zero-order valence-electron chi connectivity index (χ0n) is 8.45. The first-order chi connectivity index (χ1) is 6.19. The Bertz CT molecular complexity index is 270. The van der Waals surface area contributed by atoms with Gasteiger partial charge in [0, 0.05) is 14.2 Å². The lowest BCUT2D eigenvalue weighted by atomic mass is 10.2. The third-order valence-corrected chi connectivity index (χ3v) is 2.05. The Morgan fingerprint density at radius 1 is 1.69 bits per heavy atom. The van der Waals surface area contributed by atoms with Gasteiger partial charge in [0.2, 0.25) is 0 Å². The number of ether oxygens (including phenoxy) is 1. The first kappa shape index (κ1) is 10.2. The van der Waals surface area contributed by atoms with E-state index in [0.29, 0.717) is 6.61 Å². The van der Waals surface area contributed by atoms with Crippen LogP contribution in [-0.4, -0.2) is 23.5 Å². The van der Waals surface area contributed by atoms with Gasteiger partial charge in [0.15, 0.2) is 0 Å². The minimum Gasteiger partial charge on any atom is -0.383 e. The topological polar surface area (TPSA) is 53.1 Å². The van der Waals surface area contributed by atoms with E-state index in [4.69, 9.17) is 10.5 Å². The second-order valence-corrected chi connectivity index (χ2v) is 3.10. The molecule has 0 spiro atoms. The molecule has 1 rings (SSSR count). The standard InChI is InChI=1S/C9H17N3O/c1-4-7-5-9(12(2)11-7)8(10)6-13-3/h5,8H,4,6,10H2,1-3H3. The third kappa shape index (κ3) is 2.29. The highest BCUT2D eigenvalue weighted by Gasteiger charge is 2.11. The first-order valence-electron chi connectivity index (χ1n) is 4.46. The van der Waals surface area contributed by atoms with Crippen molar-refractivity contribution in [2.45, 2.75) is 19.4 Å². The average molecular weight is 183 g/mol. The van der Waals surface area contributed by atoms with Crippen LogP contribution in [0, 0.1) is 0 Å². The molecule has 2 N–H and O–H groups in total. The number of aryl methyl sites for hydroxylation is 2. The van der Waals surface area contributed by atoms with Gasteiger partial charge in [-0.25, -0.2) is 0 Å². The van der Waals surface area contributed by atoms with Crippen molar-refractivity contribution in [2.75, 3.05) is 13.7 Å². The Hall–Kier alpha value is -0.870. The maximum absolute atomic E-state index is 5.89. The van der Waals surface area contributed by atoms with E-state index in [9.17, 15) is 0 Å². The van der Waals surface area contributed by atoms with Gasteiger partial charge in [-0.3, -0.25) is 4.68 Å². The quantitative estimate of drug-likeness (QED) is 0.744. The van der Waals surface area contributed by atoms with Crippen LogP contribution in [-0.2, 0) is 18.2 Å². The summed E-state index contributed by atoms with van der Waals surface area (Å²) in [6.45, 7) is 2.61. The molecule has 13 heavy (non-hydrogen) atoms. The monoisotopic (exact) mass is 183 g/mol. The molecule has 0 aliphatic carbocycles. The molecule has 1 heterocycles. The molecule has 0 saturated carbocycles. The summed E-state index contributed by atoms with van der Waals surface area (Å²) < 4.78 is 6.81. The van der Waals surface area contributed by atoms with Crippen LogP contribution < -0.4 is 5.73 Å². The van der Waals surface area contributed by atoms with Crippen LogP contribution in [0.5, 0.6) is 0 Å². The summed E-state index contributed by atoms with van der Waals surface area (Å²) in [5.41, 5.74) is 7.99. The molecule has 1 aromatic heterocycles. The molecule has 0 aliphatic heterocycles. The molecule has 1 unspecified atom stereocenters. The van der Waals surface area contributed by atoms with Crippen LogP contribution in [0.25, 0.3) is 0 Å². The lowest BCUT2D eigenvalue weighted by Gasteiger charge is -2.09. The Balaban J connectivity index is 2.80. The van der Waals surface area contributed by atoms with Gasteiger partial charge in [-0.2, -0.15) is 5.10 Å². The molecule has 0 amide bonds. The number of methoxy groups -OCH3 is 1. The summed E-state index contributed by atoms with van der Waals surface area (Å²) >= 11 is 0. The van der Waals surface area contributed by atoms with Crippen LogP contribution in [0.2, 0.25) is 0 Å². The summed E-state index contributed by atoms with van der Waals surface area (Å²) in [4.78, 5) is 0. The number of hydrogen-bond donors (Lipinski definition) is 1. The lowest BCUT2D eigenvalue weighted by Crippen LogP contribution is -2.19. The molecular formula is C9H17N3O. The van der Waals surface area contributed by atoms with E-state index in [0.717, 1.165) is 17.8 Å². The Morgan fingerprint density at radius 2 is 2.38 bits per heavy atom. The summed E-state index contributed by atoms with van der Waals surface area (Å²) in [5, 5.41) is 4.31. The predicted octanol–water partition coefficient (Wildman–Crippen LogP) is 0.629. The van der Waals surface area contributed by atoms with E-state index in [1.807, 2.05) is 17.8 Å². The Morgan fingerprint density at radius 3 is 2.85 bits per heavy atom. The molecular weight excluding hydrogens is 166 g/mol. The predicted molar refractivity (Wildman–Crippen MR) is 51.4 cm³/mol. The van der Waals surface area contributed by atoms with Crippen molar-refractivity contribution in [3.8, 4) is 0 Å². The summed E-state index contributed by atoms with van der Waals surface area (Å²) in [7, 11) is 3.56. The maximum atomic E-state index is 5.89. The Kier molecular flexibility index (Phi) is 3.45. The van der Waals surface area contributed by atoms with E-state index in [-0.39, 0.29) is 6.04 Å². The highest BCUT2D eigenvalue weighted by atomic mass is 16.5. The molecule has 1 aromatic rings. The second-order valence-electron chi connectivity index (χ2n) is 3.10. The van der Waals surface area contributed by atoms with E-state index in [2.05, 4.69) is 12.0 Å². The second kappa shape index (κ2) is 4.39. The highest BCUT2D eigenvalue weighted by Crippen LogP contribution is 2.11. The molecule has 0 radical (unpaired) electrons. The molecule has 0 bridgehead atoms. The number of rotatable bonds is 4. The minimum atomic E-state index is -0.0807. The van der Waals surface area contributed by atoms with Crippen LogP contribution in [0.3, 0.4) is 0 Å². The Labute approximate surface area is 78.7 Å².